The topological polar surface area (TPSA) is 34.6 Å². The van der Waals surface area contributed by atoms with E-state index in [1.54, 1.807) is 0 Å². The molecule has 0 aliphatic heterocycles. The Morgan fingerprint density at radius 2 is 0.750 bits per heavy atom. The average Bonchev–Trinajstić information content (AvgIpc) is 3.97. The number of nitriles is 1. The van der Waals surface area contributed by atoms with Crippen LogP contribution in [-0.4, -0.2) is 0 Å². The Bertz CT molecular complexity index is 4120. The van der Waals surface area contributed by atoms with Gasteiger partial charge in [-0.25, -0.2) is 4.85 Å². The Morgan fingerprint density at radius 3 is 1.18 bits per heavy atom. The van der Waals surface area contributed by atoms with Crippen LogP contribution in [0, 0.1) is 17.9 Å². The summed E-state index contributed by atoms with van der Waals surface area (Å²) in [5.74, 6) is 0. The van der Waals surface area contributed by atoms with Crippen LogP contribution in [0.5, 0.6) is 0 Å². The van der Waals surface area contributed by atoms with Gasteiger partial charge in [0.15, 0.2) is 5.69 Å². The third-order valence-electron chi connectivity index (χ3n) is 16.6. The van der Waals surface area contributed by atoms with E-state index in [1.165, 1.54) is 66.1 Å². The van der Waals surface area contributed by atoms with Crippen LogP contribution in [-0.2, 0) is 10.8 Å². The first-order valence-corrected chi connectivity index (χ1v) is 26.1. The van der Waals surface area contributed by atoms with Gasteiger partial charge in [-0.2, -0.15) is 5.26 Å². The standard InChI is InChI=1S/C72H50N4/c1-71(2)63-22-14-12-20-53(63)55-34-26-46(40-65(55)71)61-42-67(75(49-16-8-6-9-17-49)51-30-24-45(44-73)25-31-51)59-38-36-58-62(47-27-35-56-54-21-13-15-23-64(54)72(3,4)66(56)41-47)43-68(60-39-37-57(61)69(59)70(58)60)76(50-18-10-7-11-19-50)52-32-28-48(74-5)29-33-52/h6-43H,1-4H3. The summed E-state index contributed by atoms with van der Waals surface area (Å²) in [6, 6.07) is 85.7. The molecule has 0 saturated carbocycles. The van der Waals surface area contributed by atoms with Crippen molar-refractivity contribution in [1.29, 1.82) is 5.26 Å². The lowest BCUT2D eigenvalue weighted by atomic mass is 9.80. The van der Waals surface area contributed by atoms with Crippen LogP contribution in [0.2, 0.25) is 0 Å². The minimum absolute atomic E-state index is 0.197. The van der Waals surface area contributed by atoms with E-state index in [0.29, 0.717) is 11.3 Å². The third kappa shape index (κ3) is 6.68. The second kappa shape index (κ2) is 16.9. The van der Waals surface area contributed by atoms with Crippen molar-refractivity contribution >= 4 is 72.1 Å². The molecule has 0 radical (unpaired) electrons. The van der Waals surface area contributed by atoms with E-state index in [1.807, 2.05) is 24.3 Å². The first-order valence-electron chi connectivity index (χ1n) is 26.1. The van der Waals surface area contributed by atoms with E-state index < -0.39 is 0 Å². The maximum atomic E-state index is 9.99. The number of anilines is 6. The third-order valence-corrected chi connectivity index (χ3v) is 16.6. The molecule has 0 N–H and O–H groups in total. The molecule has 14 rings (SSSR count). The minimum atomic E-state index is -0.198. The van der Waals surface area contributed by atoms with Gasteiger partial charge >= 0.3 is 0 Å². The molecule has 0 bridgehead atoms. The average molecular weight is 971 g/mol. The molecule has 4 heteroatoms. The molecule has 76 heavy (non-hydrogen) atoms. The fraction of sp³-hybridized carbons (Fsp3) is 0.0833. The summed E-state index contributed by atoms with van der Waals surface area (Å²) >= 11 is 0. The molecule has 358 valence electrons. The Morgan fingerprint density at radius 1 is 0.368 bits per heavy atom. The monoisotopic (exact) mass is 970 g/mol. The zero-order valence-electron chi connectivity index (χ0n) is 42.7. The zero-order valence-corrected chi connectivity index (χ0v) is 42.7. The van der Waals surface area contributed by atoms with Crippen molar-refractivity contribution in [3.05, 3.63) is 270 Å². The van der Waals surface area contributed by atoms with Crippen molar-refractivity contribution in [1.82, 2.24) is 0 Å². The van der Waals surface area contributed by atoms with Gasteiger partial charge in [0.25, 0.3) is 0 Å². The summed E-state index contributed by atoms with van der Waals surface area (Å²) in [5, 5.41) is 16.9. The van der Waals surface area contributed by atoms with Crippen molar-refractivity contribution in [3.63, 3.8) is 0 Å². The first-order chi connectivity index (χ1) is 37.1. The largest absolute Gasteiger partial charge is 0.310 e. The smallest absolute Gasteiger partial charge is 0.187 e. The van der Waals surface area contributed by atoms with E-state index in [-0.39, 0.29) is 10.8 Å². The Balaban J connectivity index is 1.13. The molecule has 2 aliphatic rings. The van der Waals surface area contributed by atoms with Gasteiger partial charge in [0.1, 0.15) is 0 Å². The molecule has 0 saturated heterocycles. The van der Waals surface area contributed by atoms with E-state index in [4.69, 9.17) is 6.57 Å². The molecule has 12 aromatic carbocycles. The summed E-state index contributed by atoms with van der Waals surface area (Å²) in [7, 11) is 0. The predicted molar refractivity (Wildman–Crippen MR) is 316 cm³/mol. The molecular formula is C72H50N4. The van der Waals surface area contributed by atoms with Crippen LogP contribution in [0.3, 0.4) is 0 Å². The summed E-state index contributed by atoms with van der Waals surface area (Å²) in [5.41, 5.74) is 21.9. The van der Waals surface area contributed by atoms with Gasteiger partial charge in [-0.15, -0.1) is 0 Å². The molecular weight excluding hydrogens is 921 g/mol. The quantitative estimate of drug-likeness (QED) is 0.112. The van der Waals surface area contributed by atoms with E-state index >= 15 is 0 Å². The highest BCUT2D eigenvalue weighted by Gasteiger charge is 2.37. The van der Waals surface area contributed by atoms with Gasteiger partial charge in [0.05, 0.1) is 29.6 Å². The second-order valence-electron chi connectivity index (χ2n) is 21.4. The number of benzene rings is 12. The first kappa shape index (κ1) is 44.9. The minimum Gasteiger partial charge on any atom is -0.310 e. The molecule has 0 amide bonds. The number of hydrogen-bond donors (Lipinski definition) is 0. The van der Waals surface area contributed by atoms with E-state index in [0.717, 1.165) is 67.2 Å². The summed E-state index contributed by atoms with van der Waals surface area (Å²) in [6.45, 7) is 17.3. The number of fused-ring (bicyclic) bond motifs is 6. The van der Waals surface area contributed by atoms with Crippen LogP contribution in [0.1, 0.15) is 55.5 Å². The number of nitrogens with zero attached hydrogens (tertiary/aromatic N) is 4. The summed E-state index contributed by atoms with van der Waals surface area (Å²) in [6.07, 6.45) is 0. The fourth-order valence-electron chi connectivity index (χ4n) is 12.9. The summed E-state index contributed by atoms with van der Waals surface area (Å²) in [4.78, 5) is 8.52. The maximum absolute atomic E-state index is 9.99. The van der Waals surface area contributed by atoms with Crippen molar-refractivity contribution in [2.24, 2.45) is 0 Å². The van der Waals surface area contributed by atoms with Crippen molar-refractivity contribution < 1.29 is 0 Å². The van der Waals surface area contributed by atoms with Gasteiger partial charge in [0.2, 0.25) is 0 Å². The maximum Gasteiger partial charge on any atom is 0.187 e. The van der Waals surface area contributed by atoms with Crippen LogP contribution < -0.4 is 9.80 Å². The molecule has 0 fully saturated rings. The molecule has 0 aromatic heterocycles. The van der Waals surface area contributed by atoms with Crippen LogP contribution >= 0.6 is 0 Å². The number of hydrogen-bond acceptors (Lipinski definition) is 3. The molecule has 0 atom stereocenters. The second-order valence-corrected chi connectivity index (χ2v) is 21.4. The van der Waals surface area contributed by atoms with Gasteiger partial charge < -0.3 is 9.80 Å². The highest BCUT2D eigenvalue weighted by atomic mass is 15.1. The molecule has 0 heterocycles. The van der Waals surface area contributed by atoms with Crippen molar-refractivity contribution in [2.45, 2.75) is 38.5 Å². The number of para-hydroxylation sites is 2. The lowest BCUT2D eigenvalue weighted by molar-refractivity contribution is 0.660. The van der Waals surface area contributed by atoms with Crippen LogP contribution in [0.4, 0.5) is 39.8 Å². The van der Waals surface area contributed by atoms with Gasteiger partial charge in [-0.1, -0.05) is 173 Å². The van der Waals surface area contributed by atoms with Gasteiger partial charge in [-0.3, -0.25) is 0 Å². The van der Waals surface area contributed by atoms with E-state index in [9.17, 15) is 5.26 Å². The highest BCUT2D eigenvalue weighted by molar-refractivity contribution is 6.32. The lowest BCUT2D eigenvalue weighted by Crippen LogP contribution is -2.15. The summed E-state index contributed by atoms with van der Waals surface area (Å²) < 4.78 is 0. The fourth-order valence-corrected chi connectivity index (χ4v) is 12.9. The molecule has 0 unspecified atom stereocenters. The SMILES string of the molecule is [C-]#[N+]c1ccc(N(c2ccccc2)c2cc(-c3ccc4c(c3)C(C)(C)c3ccccc3-4)c3ccc4c(N(c5ccccc5)c5ccc(C#N)cc5)cc(-c5ccc6c(c5)C(C)(C)c5ccccc5-6)c5ccc2c3c54)cc1. The molecule has 2 aliphatic carbocycles. The van der Waals surface area contributed by atoms with Crippen molar-refractivity contribution in [2.75, 3.05) is 9.80 Å². The van der Waals surface area contributed by atoms with Crippen LogP contribution in [0.15, 0.2) is 231 Å². The van der Waals surface area contributed by atoms with Crippen LogP contribution in [0.25, 0.3) is 81.7 Å². The zero-order chi connectivity index (χ0) is 51.5. The number of rotatable bonds is 8. The molecule has 4 nitrogen and oxygen atoms in total. The van der Waals surface area contributed by atoms with Gasteiger partial charge in [0, 0.05) is 55.1 Å². The predicted octanol–water partition coefficient (Wildman–Crippen LogP) is 19.9. The Hall–Kier alpha value is -9.74. The normalized spacial score (nSPS) is 13.4. The Labute approximate surface area is 443 Å². The lowest BCUT2D eigenvalue weighted by Gasteiger charge is -2.31. The molecule has 12 aromatic rings. The Kier molecular flexibility index (Phi) is 9.99. The van der Waals surface area contributed by atoms with Crippen molar-refractivity contribution in [3.8, 4) is 50.6 Å². The van der Waals surface area contributed by atoms with Gasteiger partial charge in [-0.05, 0) is 162 Å². The highest BCUT2D eigenvalue weighted by Crippen LogP contribution is 2.56. The van der Waals surface area contributed by atoms with E-state index in [2.05, 4.69) is 255 Å². The molecule has 0 spiro atoms.